The minimum atomic E-state index is -4.71. The summed E-state index contributed by atoms with van der Waals surface area (Å²) in [7, 11) is 0. The second-order valence-electron chi connectivity index (χ2n) is 4.04. The SMILES string of the molecule is Nc1cc(F)c(Oc2ccc(Br)cc2C(F)(F)F)cc1F. The normalized spacial score (nSPS) is 11.5. The monoisotopic (exact) mass is 367 g/mol. The number of hydrogen-bond donors (Lipinski definition) is 1. The number of alkyl halides is 3. The molecule has 2 nitrogen and oxygen atoms in total. The van der Waals surface area contributed by atoms with Gasteiger partial charge in [-0.3, -0.25) is 0 Å². The van der Waals surface area contributed by atoms with Gasteiger partial charge >= 0.3 is 6.18 Å². The first-order valence-electron chi connectivity index (χ1n) is 5.47. The molecule has 0 radical (unpaired) electrons. The predicted molar refractivity (Wildman–Crippen MR) is 70.0 cm³/mol. The van der Waals surface area contributed by atoms with Crippen molar-refractivity contribution in [2.75, 3.05) is 5.73 Å². The zero-order valence-electron chi connectivity index (χ0n) is 10.1. The molecule has 21 heavy (non-hydrogen) atoms. The largest absolute Gasteiger partial charge is 0.454 e. The molecular formula is C13H7BrF5NO. The van der Waals surface area contributed by atoms with Crippen LogP contribution in [0.25, 0.3) is 0 Å². The second kappa shape index (κ2) is 5.51. The number of halogens is 6. The van der Waals surface area contributed by atoms with E-state index in [0.29, 0.717) is 12.1 Å². The molecule has 2 aromatic rings. The van der Waals surface area contributed by atoms with Gasteiger partial charge < -0.3 is 10.5 Å². The smallest absolute Gasteiger partial charge is 0.420 e. The number of benzene rings is 2. The Morgan fingerprint density at radius 3 is 2.24 bits per heavy atom. The van der Waals surface area contributed by atoms with Gasteiger partial charge in [0.1, 0.15) is 11.6 Å². The Bertz CT molecular complexity index is 687. The highest BCUT2D eigenvalue weighted by molar-refractivity contribution is 9.10. The van der Waals surface area contributed by atoms with Crippen molar-refractivity contribution in [2.45, 2.75) is 6.18 Å². The van der Waals surface area contributed by atoms with Crippen LogP contribution in [0.2, 0.25) is 0 Å². The van der Waals surface area contributed by atoms with Crippen LogP contribution >= 0.6 is 15.9 Å². The van der Waals surface area contributed by atoms with Gasteiger partial charge in [-0.2, -0.15) is 13.2 Å². The van der Waals surface area contributed by atoms with E-state index in [1.165, 1.54) is 6.07 Å². The number of ether oxygens (including phenoxy) is 1. The maximum absolute atomic E-state index is 13.6. The lowest BCUT2D eigenvalue weighted by Gasteiger charge is -2.14. The molecule has 0 saturated carbocycles. The third kappa shape index (κ3) is 3.44. The molecule has 0 aliphatic carbocycles. The summed E-state index contributed by atoms with van der Waals surface area (Å²) in [6, 6.07) is 4.29. The number of rotatable bonds is 2. The first-order valence-corrected chi connectivity index (χ1v) is 6.27. The fraction of sp³-hybridized carbons (Fsp3) is 0.0769. The highest BCUT2D eigenvalue weighted by Gasteiger charge is 2.35. The molecule has 0 saturated heterocycles. The maximum Gasteiger partial charge on any atom is 0.420 e. The minimum Gasteiger partial charge on any atom is -0.454 e. The summed E-state index contributed by atoms with van der Waals surface area (Å²) in [6.07, 6.45) is -4.71. The van der Waals surface area contributed by atoms with Gasteiger partial charge in [-0.15, -0.1) is 0 Å². The summed E-state index contributed by atoms with van der Waals surface area (Å²) in [5.41, 5.74) is 3.56. The van der Waals surface area contributed by atoms with Gasteiger partial charge in [0.2, 0.25) is 0 Å². The van der Waals surface area contributed by atoms with Gasteiger partial charge in [-0.1, -0.05) is 15.9 Å². The highest BCUT2D eigenvalue weighted by atomic mass is 79.9. The van der Waals surface area contributed by atoms with Gasteiger partial charge in [0.05, 0.1) is 11.3 Å². The third-order valence-corrected chi connectivity index (χ3v) is 3.01. The van der Waals surface area contributed by atoms with Crippen LogP contribution in [0.3, 0.4) is 0 Å². The van der Waals surface area contributed by atoms with Crippen LogP contribution in [0, 0.1) is 11.6 Å². The topological polar surface area (TPSA) is 35.2 Å². The van der Waals surface area contributed by atoms with E-state index >= 15 is 0 Å². The summed E-state index contributed by atoms with van der Waals surface area (Å²) >= 11 is 2.90. The Morgan fingerprint density at radius 2 is 1.62 bits per heavy atom. The third-order valence-electron chi connectivity index (χ3n) is 2.52. The fourth-order valence-electron chi connectivity index (χ4n) is 1.55. The lowest BCUT2D eigenvalue weighted by Crippen LogP contribution is -2.07. The van der Waals surface area contributed by atoms with Crippen molar-refractivity contribution in [3.8, 4) is 11.5 Å². The van der Waals surface area contributed by atoms with Crippen molar-refractivity contribution in [3.05, 3.63) is 52.0 Å². The zero-order valence-corrected chi connectivity index (χ0v) is 11.7. The van der Waals surface area contributed by atoms with Gasteiger partial charge in [-0.05, 0) is 18.2 Å². The van der Waals surface area contributed by atoms with E-state index in [4.69, 9.17) is 10.5 Å². The van der Waals surface area contributed by atoms with Gasteiger partial charge in [0.15, 0.2) is 11.6 Å². The summed E-state index contributed by atoms with van der Waals surface area (Å²) in [4.78, 5) is 0. The quantitative estimate of drug-likeness (QED) is 0.590. The van der Waals surface area contributed by atoms with Crippen LogP contribution in [0.4, 0.5) is 27.6 Å². The van der Waals surface area contributed by atoms with Crippen LogP contribution in [0.5, 0.6) is 11.5 Å². The molecule has 0 atom stereocenters. The van der Waals surface area contributed by atoms with Crippen molar-refractivity contribution in [1.29, 1.82) is 0 Å². The molecule has 0 spiro atoms. The van der Waals surface area contributed by atoms with E-state index in [2.05, 4.69) is 15.9 Å². The molecule has 0 aliphatic heterocycles. The van der Waals surface area contributed by atoms with Crippen molar-refractivity contribution in [1.82, 2.24) is 0 Å². The molecule has 8 heteroatoms. The van der Waals surface area contributed by atoms with Gasteiger partial charge in [0.25, 0.3) is 0 Å². The summed E-state index contributed by atoms with van der Waals surface area (Å²) in [5, 5.41) is 0. The number of hydrogen-bond acceptors (Lipinski definition) is 2. The molecule has 2 N–H and O–H groups in total. The lowest BCUT2D eigenvalue weighted by atomic mass is 10.2. The first-order chi connectivity index (χ1) is 9.68. The highest BCUT2D eigenvalue weighted by Crippen LogP contribution is 2.40. The van der Waals surface area contributed by atoms with Crippen molar-refractivity contribution < 1.29 is 26.7 Å². The van der Waals surface area contributed by atoms with E-state index in [-0.39, 0.29) is 4.47 Å². The molecule has 0 amide bonds. The van der Waals surface area contributed by atoms with E-state index < -0.39 is 40.6 Å². The average Bonchev–Trinajstić information content (AvgIpc) is 2.36. The fourth-order valence-corrected chi connectivity index (χ4v) is 1.91. The van der Waals surface area contributed by atoms with Crippen LogP contribution < -0.4 is 10.5 Å². The molecule has 2 rings (SSSR count). The van der Waals surface area contributed by atoms with E-state index in [1.54, 1.807) is 0 Å². The Hall–Kier alpha value is -1.83. The van der Waals surface area contributed by atoms with Crippen LogP contribution in [0.1, 0.15) is 5.56 Å². The first kappa shape index (κ1) is 15.6. The standard InChI is InChI=1S/C13H7BrF5NO/c14-6-1-2-11(7(3-6)13(17,18)19)21-12-5-8(15)10(20)4-9(12)16/h1-5H,20H2. The molecule has 0 unspecified atom stereocenters. The Balaban J connectivity index is 2.47. The van der Waals surface area contributed by atoms with Crippen LogP contribution in [0.15, 0.2) is 34.8 Å². The number of anilines is 1. The van der Waals surface area contributed by atoms with E-state index in [9.17, 15) is 22.0 Å². The molecule has 0 bridgehead atoms. The van der Waals surface area contributed by atoms with Crippen molar-refractivity contribution >= 4 is 21.6 Å². The number of nitrogen functional groups attached to an aromatic ring is 1. The predicted octanol–water partition coefficient (Wildman–Crippen LogP) is 5.12. The summed E-state index contributed by atoms with van der Waals surface area (Å²) in [5.74, 6) is -3.38. The van der Waals surface area contributed by atoms with Crippen molar-refractivity contribution in [2.24, 2.45) is 0 Å². The maximum atomic E-state index is 13.6. The minimum absolute atomic E-state index is 0.172. The van der Waals surface area contributed by atoms with E-state index in [1.807, 2.05) is 0 Å². The Kier molecular flexibility index (Phi) is 4.08. The summed E-state index contributed by atoms with van der Waals surface area (Å²) < 4.78 is 70.5. The summed E-state index contributed by atoms with van der Waals surface area (Å²) in [6.45, 7) is 0. The Labute approximate surface area is 124 Å². The van der Waals surface area contributed by atoms with Gasteiger partial charge in [-0.25, -0.2) is 8.78 Å². The number of nitrogens with two attached hydrogens (primary N) is 1. The molecule has 0 heterocycles. The molecule has 2 aromatic carbocycles. The van der Waals surface area contributed by atoms with Crippen LogP contribution in [-0.4, -0.2) is 0 Å². The molecule has 0 aromatic heterocycles. The van der Waals surface area contributed by atoms with Crippen LogP contribution in [-0.2, 0) is 6.18 Å². The molecule has 112 valence electrons. The van der Waals surface area contributed by atoms with Gasteiger partial charge in [0, 0.05) is 16.6 Å². The lowest BCUT2D eigenvalue weighted by molar-refractivity contribution is -0.138. The second-order valence-corrected chi connectivity index (χ2v) is 4.96. The average molecular weight is 368 g/mol. The molecular weight excluding hydrogens is 361 g/mol. The van der Waals surface area contributed by atoms with Crippen molar-refractivity contribution in [3.63, 3.8) is 0 Å². The Morgan fingerprint density at radius 1 is 0.952 bits per heavy atom. The molecule has 0 aliphatic rings. The zero-order chi connectivity index (χ0) is 15.8. The van der Waals surface area contributed by atoms with E-state index in [0.717, 1.165) is 12.1 Å². The molecule has 0 fully saturated rings.